The molecular weight excluding hydrogens is 1290 g/mol. The Morgan fingerprint density at radius 1 is 0.255 bits per heavy atom. The van der Waals surface area contributed by atoms with Gasteiger partial charge in [-0.05, 0) is 276 Å². The van der Waals surface area contributed by atoms with Gasteiger partial charge in [-0.2, -0.15) is 0 Å². The van der Waals surface area contributed by atoms with Crippen LogP contribution in [0.2, 0.25) is 0 Å². The summed E-state index contributed by atoms with van der Waals surface area (Å²) in [5.74, 6) is 3.39. The van der Waals surface area contributed by atoms with E-state index in [0.717, 1.165) is 94.7 Å². The number of aryl methyl sites for hydroxylation is 4. The number of benzene rings is 15. The lowest BCUT2D eigenvalue weighted by molar-refractivity contribution is 0.480. The second-order valence-electron chi connectivity index (χ2n) is 28.8. The molecule has 0 spiro atoms. The Bertz CT molecular complexity index is 5900. The highest BCUT2D eigenvalue weighted by Gasteiger charge is 2.49. The number of allylic oxidation sites excluding steroid dienone is 2. The summed E-state index contributed by atoms with van der Waals surface area (Å²) in [5.41, 5.74) is 31.4. The quantitative estimate of drug-likeness (QED) is 0.0907. The lowest BCUT2D eigenvalue weighted by Crippen LogP contribution is -2.31. The molecule has 2 unspecified atom stereocenters. The van der Waals surface area contributed by atoms with Crippen LogP contribution in [0.5, 0.6) is 23.0 Å². The Labute approximate surface area is 620 Å². The molecule has 504 valence electrons. The molecule has 0 N–H and O–H groups in total. The molecule has 0 radical (unpaired) electrons. The maximum atomic E-state index is 6.63. The van der Waals surface area contributed by atoms with Gasteiger partial charge in [-0.1, -0.05) is 261 Å². The smallest absolute Gasteiger partial charge is 0.127 e. The molecule has 0 aliphatic heterocycles. The maximum Gasteiger partial charge on any atom is 0.127 e. The van der Waals surface area contributed by atoms with E-state index in [-0.39, 0.29) is 6.04 Å². The third kappa shape index (κ3) is 10.7. The van der Waals surface area contributed by atoms with Gasteiger partial charge >= 0.3 is 0 Å². The van der Waals surface area contributed by atoms with E-state index in [0.29, 0.717) is 0 Å². The SMILES string of the molecule is C1=CCC(N(c2ccc(-c3ccc(N(c4ccccc4)c4ccc5c(c4)[C@@](c4ccccc4)(c4ccc(Oc6ccc7c(c6)CC7)cc4)c4cc(-c6ccccc6)ccc4-5)cc3)cc2)c2ccc3c(c2)C(c2ccccc2)(c2ccc(Oc4ccc5c(c4)CC5)cc2)c2cc(-c4ccccc4)ccc2-3)C=C1. The van der Waals surface area contributed by atoms with Crippen molar-refractivity contribution in [2.45, 2.75) is 49.0 Å². The third-order valence-electron chi connectivity index (χ3n) is 23.0. The summed E-state index contributed by atoms with van der Waals surface area (Å²) in [6, 6.07) is 133. The minimum atomic E-state index is -0.697. The number of hydrogen-bond donors (Lipinski definition) is 0. The summed E-state index contributed by atoms with van der Waals surface area (Å²) in [7, 11) is 0. The standard InChI is InChI=1S/C102H74N2O2/c1-7-19-69(20-8-1)77-41-59-93-95-61-51-87(67-99(95)101(97(93)65-77,79-23-11-3-12-24-79)81-43-55-89(56-44-81)105-91-53-39-73-31-33-75(73)63-91)103(83-27-15-5-16-28-83)85-47-35-71(36-48-85)72-37-49-86(50-38-72)104(84-29-17-6-18-30-84)88-52-62-96-94-60-42-78(70-21-9-2-10-22-70)66-98(94)102(100(96)68-88,80-25-13-4-14-26-80)82-45-57-90(58-46-82)106-92-54-40-74-32-34-76(74)64-92/h1-29,35-68,84H,30-34H2/t84?,101-,102?/m0/s1. The van der Waals surface area contributed by atoms with Crippen LogP contribution in [0.1, 0.15) is 73.2 Å². The molecule has 20 rings (SSSR count). The van der Waals surface area contributed by atoms with Crippen LogP contribution in [-0.4, -0.2) is 6.04 Å². The largest absolute Gasteiger partial charge is 0.457 e. The van der Waals surface area contributed by atoms with E-state index in [1.54, 1.807) is 0 Å². The van der Waals surface area contributed by atoms with Crippen LogP contribution >= 0.6 is 0 Å². The Balaban J connectivity index is 0.667. The number of ether oxygens (including phenoxy) is 2. The zero-order valence-corrected chi connectivity index (χ0v) is 58.7. The van der Waals surface area contributed by atoms with Gasteiger partial charge in [-0.3, -0.25) is 0 Å². The molecular formula is C102H74N2O2. The van der Waals surface area contributed by atoms with Crippen LogP contribution in [0.3, 0.4) is 0 Å². The summed E-state index contributed by atoms with van der Waals surface area (Å²) in [6.07, 6.45) is 14.4. The van der Waals surface area contributed by atoms with E-state index in [4.69, 9.17) is 9.47 Å². The van der Waals surface area contributed by atoms with Gasteiger partial charge in [0.25, 0.3) is 0 Å². The number of nitrogens with zero attached hydrogens (tertiary/aromatic N) is 2. The summed E-state index contributed by atoms with van der Waals surface area (Å²) >= 11 is 0. The molecule has 0 saturated carbocycles. The molecule has 106 heavy (non-hydrogen) atoms. The monoisotopic (exact) mass is 1360 g/mol. The number of rotatable bonds is 17. The molecule has 0 heterocycles. The number of anilines is 5. The first-order chi connectivity index (χ1) is 52.5. The van der Waals surface area contributed by atoms with Crippen LogP contribution in [0.15, 0.2) is 382 Å². The van der Waals surface area contributed by atoms with Gasteiger partial charge < -0.3 is 19.3 Å². The van der Waals surface area contributed by atoms with Crippen molar-refractivity contribution in [3.05, 3.63) is 449 Å². The second-order valence-corrected chi connectivity index (χ2v) is 28.8. The Morgan fingerprint density at radius 2 is 0.613 bits per heavy atom. The van der Waals surface area contributed by atoms with E-state index in [2.05, 4.69) is 392 Å². The molecule has 0 aromatic heterocycles. The van der Waals surface area contributed by atoms with Crippen molar-refractivity contribution in [3.63, 3.8) is 0 Å². The fraction of sp³-hybridized carbons (Fsp3) is 0.0784. The average molecular weight is 1360 g/mol. The number of fused-ring (bicyclic) bond motifs is 8. The molecule has 5 aliphatic rings. The molecule has 0 fully saturated rings. The first kappa shape index (κ1) is 62.7. The normalized spacial score (nSPS) is 16.6. The Morgan fingerprint density at radius 3 is 1.06 bits per heavy atom. The van der Waals surface area contributed by atoms with Crippen LogP contribution < -0.4 is 19.3 Å². The van der Waals surface area contributed by atoms with Crippen LogP contribution in [0.4, 0.5) is 28.4 Å². The van der Waals surface area contributed by atoms with Crippen molar-refractivity contribution in [1.82, 2.24) is 0 Å². The molecule has 15 aromatic carbocycles. The lowest BCUT2D eigenvalue weighted by atomic mass is 9.67. The predicted molar refractivity (Wildman–Crippen MR) is 435 cm³/mol. The lowest BCUT2D eigenvalue weighted by Gasteiger charge is -2.36. The minimum Gasteiger partial charge on any atom is -0.457 e. The summed E-state index contributed by atoms with van der Waals surface area (Å²) in [4.78, 5) is 4.96. The molecule has 4 nitrogen and oxygen atoms in total. The molecule has 5 aliphatic carbocycles. The summed E-state index contributed by atoms with van der Waals surface area (Å²) in [6.45, 7) is 0. The van der Waals surface area contributed by atoms with Crippen LogP contribution in [0.25, 0.3) is 55.6 Å². The van der Waals surface area contributed by atoms with Gasteiger partial charge in [0.1, 0.15) is 23.0 Å². The number of para-hydroxylation sites is 1. The zero-order valence-electron chi connectivity index (χ0n) is 58.7. The first-order valence-corrected chi connectivity index (χ1v) is 37.3. The van der Waals surface area contributed by atoms with Crippen molar-refractivity contribution < 1.29 is 9.47 Å². The number of hydrogen-bond acceptors (Lipinski definition) is 4. The first-order valence-electron chi connectivity index (χ1n) is 37.3. The third-order valence-corrected chi connectivity index (χ3v) is 23.0. The molecule has 0 bridgehead atoms. The maximum absolute atomic E-state index is 6.63. The highest BCUT2D eigenvalue weighted by Crippen LogP contribution is 2.61. The summed E-state index contributed by atoms with van der Waals surface area (Å²) < 4.78 is 13.3. The predicted octanol–water partition coefficient (Wildman–Crippen LogP) is 25.7. The van der Waals surface area contributed by atoms with Gasteiger partial charge in [-0.25, -0.2) is 0 Å². The molecule has 3 atom stereocenters. The van der Waals surface area contributed by atoms with Crippen LogP contribution in [0, 0.1) is 0 Å². The van der Waals surface area contributed by atoms with E-state index in [1.807, 2.05) is 0 Å². The zero-order chi connectivity index (χ0) is 70.1. The van der Waals surface area contributed by atoms with Crippen LogP contribution in [-0.2, 0) is 36.5 Å². The highest BCUT2D eigenvalue weighted by molar-refractivity contribution is 5.93. The van der Waals surface area contributed by atoms with Crippen molar-refractivity contribution in [2.75, 3.05) is 9.80 Å². The molecule has 15 aromatic rings. The highest BCUT2D eigenvalue weighted by atomic mass is 16.5. The van der Waals surface area contributed by atoms with Gasteiger partial charge in [-0.15, -0.1) is 0 Å². The molecule has 0 saturated heterocycles. The van der Waals surface area contributed by atoms with E-state index < -0.39 is 10.8 Å². The Kier molecular flexibility index (Phi) is 15.4. The van der Waals surface area contributed by atoms with Crippen molar-refractivity contribution >= 4 is 28.4 Å². The van der Waals surface area contributed by atoms with Gasteiger partial charge in [0, 0.05) is 28.4 Å². The van der Waals surface area contributed by atoms with Crippen molar-refractivity contribution in [3.8, 4) is 78.6 Å². The van der Waals surface area contributed by atoms with Gasteiger partial charge in [0.15, 0.2) is 0 Å². The van der Waals surface area contributed by atoms with E-state index >= 15 is 0 Å². The minimum absolute atomic E-state index is 0.0665. The molecule has 4 heteroatoms. The molecule has 0 amide bonds. The van der Waals surface area contributed by atoms with Crippen molar-refractivity contribution in [2.24, 2.45) is 0 Å². The van der Waals surface area contributed by atoms with Crippen molar-refractivity contribution in [1.29, 1.82) is 0 Å². The van der Waals surface area contributed by atoms with Gasteiger partial charge in [0.05, 0.1) is 16.9 Å². The van der Waals surface area contributed by atoms with Gasteiger partial charge in [0.2, 0.25) is 0 Å². The fourth-order valence-electron chi connectivity index (χ4n) is 17.7. The second kappa shape index (κ2) is 26.0. The fourth-order valence-corrected chi connectivity index (χ4v) is 17.7. The average Bonchev–Trinajstić information content (AvgIpc) is 1.53. The summed E-state index contributed by atoms with van der Waals surface area (Å²) in [5, 5.41) is 0. The van der Waals surface area contributed by atoms with E-state index in [1.165, 1.54) is 111 Å². The van der Waals surface area contributed by atoms with E-state index in [9.17, 15) is 0 Å². The topological polar surface area (TPSA) is 24.9 Å². The Hall–Kier alpha value is -13.0.